The molecule has 2 bridgehead atoms. The van der Waals surface area contributed by atoms with Crippen LogP contribution < -0.4 is 21.1 Å². The van der Waals surface area contributed by atoms with Crippen molar-refractivity contribution in [1.29, 1.82) is 0 Å². The Balaban J connectivity index is 1.33. The summed E-state index contributed by atoms with van der Waals surface area (Å²) in [6, 6.07) is 22.1. The number of hydrogen-bond acceptors (Lipinski definition) is 8. The van der Waals surface area contributed by atoms with Crippen molar-refractivity contribution in [3.8, 4) is 0 Å². The molecule has 3 aromatic carbocycles. The molecule has 2 aliphatic heterocycles. The van der Waals surface area contributed by atoms with Gasteiger partial charge in [-0.3, -0.25) is 14.4 Å². The monoisotopic (exact) mass is 676 g/mol. The van der Waals surface area contributed by atoms with Crippen molar-refractivity contribution in [2.75, 3.05) is 42.8 Å². The van der Waals surface area contributed by atoms with E-state index in [9.17, 15) is 24.0 Å². The molecule has 1 aromatic heterocycles. The number of carbonyl (C=O) groups excluding carboxylic acids is 4. The molecular formula is C39H40N4O7. The first-order valence-corrected chi connectivity index (χ1v) is 16.5. The summed E-state index contributed by atoms with van der Waals surface area (Å²) in [5.74, 6) is -1.87. The average molecular weight is 677 g/mol. The number of anilines is 3. The van der Waals surface area contributed by atoms with E-state index in [0.29, 0.717) is 30.9 Å². The second kappa shape index (κ2) is 13.7. The van der Waals surface area contributed by atoms with E-state index in [0.717, 1.165) is 23.4 Å². The van der Waals surface area contributed by atoms with Gasteiger partial charge in [0.05, 0.1) is 36.7 Å². The van der Waals surface area contributed by atoms with Crippen LogP contribution in [0, 0.1) is 5.92 Å². The fraction of sp³-hybridized carbons (Fsp3) is 0.308. The number of aromatic nitrogens is 1. The van der Waals surface area contributed by atoms with Crippen LogP contribution in [0.1, 0.15) is 85.8 Å². The largest absolute Gasteiger partial charge is 0.465 e. The van der Waals surface area contributed by atoms with Crippen LogP contribution >= 0.6 is 0 Å². The Labute approximate surface area is 290 Å². The van der Waals surface area contributed by atoms with Gasteiger partial charge in [0.2, 0.25) is 0 Å². The zero-order valence-corrected chi connectivity index (χ0v) is 28.7. The number of nitrogens with one attached hydrogen (secondary N) is 2. The fourth-order valence-corrected chi connectivity index (χ4v) is 6.84. The Morgan fingerprint density at radius 1 is 0.720 bits per heavy atom. The summed E-state index contributed by atoms with van der Waals surface area (Å²) in [6.45, 7) is 8.23. The van der Waals surface area contributed by atoms with E-state index in [4.69, 9.17) is 9.47 Å². The molecule has 1 saturated heterocycles. The van der Waals surface area contributed by atoms with Crippen molar-refractivity contribution in [2.24, 2.45) is 5.92 Å². The Kier molecular flexibility index (Phi) is 9.33. The number of rotatable bonds is 7. The molecule has 2 atom stereocenters. The molecule has 6 rings (SSSR count). The molecule has 258 valence electrons. The van der Waals surface area contributed by atoms with Crippen molar-refractivity contribution in [3.63, 3.8) is 0 Å². The first-order chi connectivity index (χ1) is 23.8. The number of methoxy groups -OCH3 is 2. The molecule has 3 heterocycles. The molecule has 0 saturated carbocycles. The Hall–Kier alpha value is -5.71. The van der Waals surface area contributed by atoms with Crippen molar-refractivity contribution < 1.29 is 28.7 Å². The molecule has 11 heteroatoms. The van der Waals surface area contributed by atoms with Gasteiger partial charge in [0, 0.05) is 54.1 Å². The number of nitrogens with zero attached hydrogens (tertiary/aromatic N) is 2. The lowest BCUT2D eigenvalue weighted by atomic mass is 9.83. The van der Waals surface area contributed by atoms with E-state index in [1.54, 1.807) is 36.4 Å². The number of benzene rings is 3. The van der Waals surface area contributed by atoms with E-state index >= 15 is 0 Å². The van der Waals surface area contributed by atoms with Gasteiger partial charge in [0.15, 0.2) is 0 Å². The first kappa shape index (κ1) is 34.2. The molecule has 0 spiro atoms. The number of fused-ring (bicyclic) bond motifs is 4. The second-order valence-electron chi connectivity index (χ2n) is 13.9. The maximum Gasteiger partial charge on any atom is 0.337 e. The lowest BCUT2D eigenvalue weighted by Gasteiger charge is -2.44. The third kappa shape index (κ3) is 7.03. The molecule has 2 amide bonds. The maximum absolute atomic E-state index is 13.7. The maximum atomic E-state index is 13.7. The highest BCUT2D eigenvalue weighted by Crippen LogP contribution is 2.39. The van der Waals surface area contributed by atoms with Crippen LogP contribution in [0.4, 0.5) is 17.1 Å². The standard InChI is InChI=1S/C39H40N4O7/c1-39(2,3)29-12-9-24(10-13-29)35(45)41-31-19-25(36(46)40-30-17-26(37(47)49-4)16-27(18-30)38(48)50-5)11-14-33(31)42-20-23-15-28(22-42)32-7-6-8-34(44)43(32)21-23/h6-14,16-19,23,28H,15,20-22H2,1-5H3,(H,40,46)(H,41,45). The summed E-state index contributed by atoms with van der Waals surface area (Å²) in [7, 11) is 2.44. The number of carbonyl (C=O) groups is 4. The minimum atomic E-state index is -0.685. The van der Waals surface area contributed by atoms with Crippen LogP contribution in [-0.4, -0.2) is 55.6 Å². The molecule has 0 radical (unpaired) electrons. The van der Waals surface area contributed by atoms with Gasteiger partial charge < -0.3 is 29.6 Å². The van der Waals surface area contributed by atoms with Crippen molar-refractivity contribution in [1.82, 2.24) is 4.57 Å². The molecule has 11 nitrogen and oxygen atoms in total. The Morgan fingerprint density at radius 2 is 1.36 bits per heavy atom. The molecule has 0 aliphatic carbocycles. The SMILES string of the molecule is COC(=O)c1cc(NC(=O)c2ccc(N3CC4CC(C3)c3cccc(=O)n3C4)c(NC(=O)c3ccc(C(C)(C)C)cc3)c2)cc(C(=O)OC)c1. The summed E-state index contributed by atoms with van der Waals surface area (Å²) >= 11 is 0. The number of amides is 2. The van der Waals surface area contributed by atoms with Crippen LogP contribution in [0.5, 0.6) is 0 Å². The number of ether oxygens (including phenoxy) is 2. The molecule has 2 N–H and O–H groups in total. The lowest BCUT2D eigenvalue weighted by molar-refractivity contribution is 0.0598. The van der Waals surface area contributed by atoms with Crippen LogP contribution in [0.2, 0.25) is 0 Å². The number of pyridine rings is 1. The Morgan fingerprint density at radius 3 is 2.00 bits per heavy atom. The number of piperidine rings is 1. The molecule has 4 aromatic rings. The second-order valence-corrected chi connectivity index (χ2v) is 13.9. The predicted octanol–water partition coefficient (Wildman–Crippen LogP) is 5.85. The van der Waals surface area contributed by atoms with E-state index < -0.39 is 17.8 Å². The van der Waals surface area contributed by atoms with Gasteiger partial charge in [0.25, 0.3) is 17.4 Å². The van der Waals surface area contributed by atoms with Crippen LogP contribution in [-0.2, 0) is 21.4 Å². The summed E-state index contributed by atoms with van der Waals surface area (Å²) in [5, 5.41) is 5.82. The highest BCUT2D eigenvalue weighted by molar-refractivity contribution is 6.10. The summed E-state index contributed by atoms with van der Waals surface area (Å²) in [4.78, 5) is 66.8. The molecule has 2 aliphatic rings. The molecule has 2 unspecified atom stereocenters. The van der Waals surface area contributed by atoms with E-state index in [1.165, 1.54) is 32.4 Å². The van der Waals surface area contributed by atoms with Gasteiger partial charge in [-0.15, -0.1) is 0 Å². The lowest BCUT2D eigenvalue weighted by Crippen LogP contribution is -2.47. The molecule has 1 fully saturated rings. The van der Waals surface area contributed by atoms with Gasteiger partial charge >= 0.3 is 11.9 Å². The fourth-order valence-electron chi connectivity index (χ4n) is 6.84. The number of esters is 2. The first-order valence-electron chi connectivity index (χ1n) is 16.5. The third-order valence-corrected chi connectivity index (χ3v) is 9.37. The van der Waals surface area contributed by atoms with E-state index in [1.807, 2.05) is 28.8 Å². The minimum Gasteiger partial charge on any atom is -0.465 e. The summed E-state index contributed by atoms with van der Waals surface area (Å²) in [5.41, 5.74) is 4.24. The van der Waals surface area contributed by atoms with Crippen molar-refractivity contribution >= 4 is 40.8 Å². The predicted molar refractivity (Wildman–Crippen MR) is 190 cm³/mol. The third-order valence-electron chi connectivity index (χ3n) is 9.37. The summed E-state index contributed by atoms with van der Waals surface area (Å²) in [6.07, 6.45) is 0.959. The van der Waals surface area contributed by atoms with Crippen molar-refractivity contribution in [2.45, 2.75) is 45.1 Å². The van der Waals surface area contributed by atoms with Gasteiger partial charge in [-0.05, 0) is 77.9 Å². The summed E-state index contributed by atoms with van der Waals surface area (Å²) < 4.78 is 11.5. The zero-order chi connectivity index (χ0) is 35.7. The zero-order valence-electron chi connectivity index (χ0n) is 28.7. The normalized spacial score (nSPS) is 16.5. The van der Waals surface area contributed by atoms with Crippen molar-refractivity contribution in [3.05, 3.63) is 123 Å². The van der Waals surface area contributed by atoms with E-state index in [-0.39, 0.29) is 51.1 Å². The van der Waals surface area contributed by atoms with Gasteiger partial charge in [-0.1, -0.05) is 39.0 Å². The number of hydrogen-bond donors (Lipinski definition) is 2. The Bertz CT molecular complexity index is 2010. The van der Waals surface area contributed by atoms with E-state index in [2.05, 4.69) is 36.3 Å². The molecule has 50 heavy (non-hydrogen) atoms. The highest BCUT2D eigenvalue weighted by Gasteiger charge is 2.35. The van der Waals surface area contributed by atoms with Crippen LogP contribution in [0.3, 0.4) is 0 Å². The highest BCUT2D eigenvalue weighted by atomic mass is 16.5. The topological polar surface area (TPSA) is 136 Å². The quantitative estimate of drug-likeness (QED) is 0.233. The molecular weight excluding hydrogens is 636 g/mol. The van der Waals surface area contributed by atoms with Crippen LogP contribution in [0.15, 0.2) is 83.7 Å². The van der Waals surface area contributed by atoms with Crippen LogP contribution in [0.25, 0.3) is 0 Å². The van der Waals surface area contributed by atoms with Gasteiger partial charge in [0.1, 0.15) is 0 Å². The average Bonchev–Trinajstić information content (AvgIpc) is 3.10. The van der Waals surface area contributed by atoms with Gasteiger partial charge in [-0.25, -0.2) is 9.59 Å². The van der Waals surface area contributed by atoms with Gasteiger partial charge in [-0.2, -0.15) is 0 Å². The smallest absolute Gasteiger partial charge is 0.337 e. The minimum absolute atomic E-state index is 0.00211.